The van der Waals surface area contributed by atoms with Crippen LogP contribution in [0.2, 0.25) is 5.02 Å². The van der Waals surface area contributed by atoms with Gasteiger partial charge in [-0.3, -0.25) is 4.79 Å². The number of carbonyl (C=O) groups excluding carboxylic acids is 1. The number of carbonyl (C=O) groups is 1. The number of nitrogens with zero attached hydrogens (tertiary/aromatic N) is 2. The molecule has 1 N–H and O–H groups in total. The van der Waals surface area contributed by atoms with Gasteiger partial charge in [-0.1, -0.05) is 11.6 Å². The molecule has 3 aromatic heterocycles. The standard InChI is InChI=1S/C19H16ClN3O3/c1-11-15-7-14(25-2)4-5-16(15)26-18(11)19(24)21-8-13-10-23-9-12(20)3-6-17(23)22-13/h3-7,9-10H,8H2,1-2H3,(H,21,24). The largest absolute Gasteiger partial charge is 0.497 e. The molecular weight excluding hydrogens is 354 g/mol. The van der Waals surface area contributed by atoms with Crippen LogP contribution in [0, 0.1) is 6.92 Å². The first-order valence-electron chi connectivity index (χ1n) is 8.03. The minimum atomic E-state index is -0.284. The van der Waals surface area contributed by atoms with Gasteiger partial charge < -0.3 is 18.9 Å². The highest BCUT2D eigenvalue weighted by Gasteiger charge is 2.18. The molecule has 26 heavy (non-hydrogen) atoms. The second kappa shape index (κ2) is 6.38. The zero-order valence-corrected chi connectivity index (χ0v) is 15.0. The Labute approximate surface area is 154 Å². The summed E-state index contributed by atoms with van der Waals surface area (Å²) in [5.74, 6) is 0.726. The first kappa shape index (κ1) is 16.5. The maximum absolute atomic E-state index is 12.5. The number of methoxy groups -OCH3 is 1. The smallest absolute Gasteiger partial charge is 0.287 e. The van der Waals surface area contributed by atoms with Crippen molar-refractivity contribution >= 4 is 34.1 Å². The fourth-order valence-electron chi connectivity index (χ4n) is 2.90. The lowest BCUT2D eigenvalue weighted by molar-refractivity contribution is 0.0924. The van der Waals surface area contributed by atoms with Crippen LogP contribution in [0.15, 0.2) is 47.1 Å². The molecule has 0 aliphatic carbocycles. The number of aromatic nitrogens is 2. The van der Waals surface area contributed by atoms with Gasteiger partial charge in [0.1, 0.15) is 17.0 Å². The van der Waals surface area contributed by atoms with Crippen LogP contribution >= 0.6 is 11.6 Å². The molecule has 0 radical (unpaired) electrons. The summed E-state index contributed by atoms with van der Waals surface area (Å²) >= 11 is 5.97. The molecule has 3 heterocycles. The van der Waals surface area contributed by atoms with Gasteiger partial charge in [0, 0.05) is 23.3 Å². The van der Waals surface area contributed by atoms with E-state index in [4.69, 9.17) is 20.8 Å². The van der Waals surface area contributed by atoms with E-state index in [2.05, 4.69) is 10.3 Å². The fraction of sp³-hybridized carbons (Fsp3) is 0.158. The Balaban J connectivity index is 1.55. The van der Waals surface area contributed by atoms with Crippen molar-refractivity contribution < 1.29 is 13.9 Å². The topological polar surface area (TPSA) is 68.8 Å². The molecule has 0 spiro atoms. The van der Waals surface area contributed by atoms with Gasteiger partial charge >= 0.3 is 0 Å². The number of imidazole rings is 1. The minimum Gasteiger partial charge on any atom is -0.497 e. The summed E-state index contributed by atoms with van der Waals surface area (Å²) in [7, 11) is 1.60. The van der Waals surface area contributed by atoms with Crippen molar-refractivity contribution in [3.8, 4) is 5.75 Å². The minimum absolute atomic E-state index is 0.284. The Morgan fingerprint density at radius 2 is 2.15 bits per heavy atom. The maximum Gasteiger partial charge on any atom is 0.287 e. The fourth-order valence-corrected chi connectivity index (χ4v) is 3.07. The number of rotatable bonds is 4. The highest BCUT2D eigenvalue weighted by atomic mass is 35.5. The maximum atomic E-state index is 12.5. The number of hydrogen-bond donors (Lipinski definition) is 1. The molecule has 6 nitrogen and oxygen atoms in total. The summed E-state index contributed by atoms with van der Waals surface area (Å²) in [6.45, 7) is 2.14. The van der Waals surface area contributed by atoms with E-state index in [-0.39, 0.29) is 12.5 Å². The van der Waals surface area contributed by atoms with Crippen LogP contribution in [-0.4, -0.2) is 22.4 Å². The molecule has 0 saturated heterocycles. The van der Waals surface area contributed by atoms with Gasteiger partial charge in [0.05, 0.1) is 24.4 Å². The average molecular weight is 370 g/mol. The predicted octanol–water partition coefficient (Wildman–Crippen LogP) is 3.98. The molecular formula is C19H16ClN3O3. The molecule has 4 aromatic rings. The molecule has 0 aliphatic rings. The summed E-state index contributed by atoms with van der Waals surface area (Å²) < 4.78 is 12.8. The second-order valence-corrected chi connectivity index (χ2v) is 6.38. The van der Waals surface area contributed by atoms with E-state index in [0.717, 1.165) is 28.0 Å². The van der Waals surface area contributed by atoms with Crippen molar-refractivity contribution in [2.45, 2.75) is 13.5 Å². The van der Waals surface area contributed by atoms with Crippen molar-refractivity contribution in [1.29, 1.82) is 0 Å². The van der Waals surface area contributed by atoms with Crippen LogP contribution < -0.4 is 10.1 Å². The van der Waals surface area contributed by atoms with Crippen molar-refractivity contribution in [3.05, 3.63) is 64.8 Å². The Kier molecular flexibility index (Phi) is 4.05. The number of amides is 1. The van der Waals surface area contributed by atoms with Crippen LogP contribution in [0.4, 0.5) is 0 Å². The first-order chi connectivity index (χ1) is 12.5. The van der Waals surface area contributed by atoms with Crippen molar-refractivity contribution in [2.24, 2.45) is 0 Å². The third-order valence-corrected chi connectivity index (χ3v) is 4.47. The number of nitrogens with one attached hydrogen (secondary N) is 1. The van der Waals surface area contributed by atoms with E-state index >= 15 is 0 Å². The van der Waals surface area contributed by atoms with Crippen LogP contribution in [0.1, 0.15) is 21.8 Å². The molecule has 4 rings (SSSR count). The Hall–Kier alpha value is -2.99. The quantitative estimate of drug-likeness (QED) is 0.590. The number of aryl methyl sites for hydroxylation is 1. The summed E-state index contributed by atoms with van der Waals surface area (Å²) in [6, 6.07) is 9.05. The van der Waals surface area contributed by atoms with Crippen molar-refractivity contribution in [3.63, 3.8) is 0 Å². The summed E-state index contributed by atoms with van der Waals surface area (Å²) in [4.78, 5) is 17.0. The molecule has 0 unspecified atom stereocenters. The lowest BCUT2D eigenvalue weighted by Crippen LogP contribution is -2.23. The first-order valence-corrected chi connectivity index (χ1v) is 8.41. The number of furan rings is 1. The number of hydrogen-bond acceptors (Lipinski definition) is 4. The molecule has 0 saturated carbocycles. The SMILES string of the molecule is COc1ccc2oc(C(=O)NCc3cn4cc(Cl)ccc4n3)c(C)c2c1. The summed E-state index contributed by atoms with van der Waals surface area (Å²) in [5.41, 5.74) is 2.93. The number of ether oxygens (including phenoxy) is 1. The van der Waals surface area contributed by atoms with Gasteiger partial charge in [-0.25, -0.2) is 4.98 Å². The monoisotopic (exact) mass is 369 g/mol. The Bertz CT molecular complexity index is 1130. The van der Waals surface area contributed by atoms with Gasteiger partial charge in [-0.2, -0.15) is 0 Å². The van der Waals surface area contributed by atoms with Crippen LogP contribution in [0.5, 0.6) is 5.75 Å². The van der Waals surface area contributed by atoms with E-state index in [1.54, 1.807) is 31.5 Å². The molecule has 0 bridgehead atoms. The highest BCUT2D eigenvalue weighted by molar-refractivity contribution is 6.30. The van der Waals surface area contributed by atoms with Crippen LogP contribution in [0.25, 0.3) is 16.6 Å². The molecule has 7 heteroatoms. The van der Waals surface area contributed by atoms with E-state index in [1.165, 1.54) is 0 Å². The van der Waals surface area contributed by atoms with E-state index in [9.17, 15) is 4.79 Å². The Morgan fingerprint density at radius 1 is 1.31 bits per heavy atom. The zero-order chi connectivity index (χ0) is 18.3. The summed E-state index contributed by atoms with van der Waals surface area (Å²) in [6.07, 6.45) is 3.60. The lowest BCUT2D eigenvalue weighted by atomic mass is 10.1. The highest BCUT2D eigenvalue weighted by Crippen LogP contribution is 2.28. The van der Waals surface area contributed by atoms with E-state index < -0.39 is 0 Å². The number of fused-ring (bicyclic) bond motifs is 2. The second-order valence-electron chi connectivity index (χ2n) is 5.95. The van der Waals surface area contributed by atoms with Gasteiger partial charge in [0.2, 0.25) is 0 Å². The summed E-state index contributed by atoms with van der Waals surface area (Å²) in [5, 5.41) is 4.33. The molecule has 1 aromatic carbocycles. The van der Waals surface area contributed by atoms with Gasteiger partial charge in [-0.15, -0.1) is 0 Å². The van der Waals surface area contributed by atoms with Gasteiger partial charge in [0.25, 0.3) is 5.91 Å². The predicted molar refractivity (Wildman–Crippen MR) is 98.9 cm³/mol. The molecule has 0 fully saturated rings. The third kappa shape index (κ3) is 2.88. The van der Waals surface area contributed by atoms with Crippen molar-refractivity contribution in [2.75, 3.05) is 7.11 Å². The zero-order valence-electron chi connectivity index (χ0n) is 14.2. The molecule has 0 aliphatic heterocycles. The average Bonchev–Trinajstić information content (AvgIpc) is 3.19. The third-order valence-electron chi connectivity index (χ3n) is 4.24. The van der Waals surface area contributed by atoms with Crippen LogP contribution in [-0.2, 0) is 6.54 Å². The molecule has 132 valence electrons. The normalized spacial score (nSPS) is 11.2. The van der Waals surface area contributed by atoms with Crippen molar-refractivity contribution in [1.82, 2.24) is 14.7 Å². The van der Waals surface area contributed by atoms with E-state index in [1.807, 2.05) is 29.7 Å². The van der Waals surface area contributed by atoms with Crippen LogP contribution in [0.3, 0.4) is 0 Å². The number of halogens is 1. The molecule has 0 atom stereocenters. The number of benzene rings is 1. The van der Waals surface area contributed by atoms with E-state index in [0.29, 0.717) is 16.4 Å². The van der Waals surface area contributed by atoms with Gasteiger partial charge in [0.15, 0.2) is 5.76 Å². The lowest BCUT2D eigenvalue weighted by Gasteiger charge is -2.01. The van der Waals surface area contributed by atoms with Gasteiger partial charge in [-0.05, 0) is 37.3 Å². The number of pyridine rings is 1. The molecule has 1 amide bonds. The Morgan fingerprint density at radius 3 is 2.96 bits per heavy atom.